The highest BCUT2D eigenvalue weighted by atomic mass is 35.5. The highest BCUT2D eigenvalue weighted by Crippen LogP contribution is 2.23. The van der Waals surface area contributed by atoms with E-state index in [0.717, 1.165) is 6.07 Å². The molecule has 0 aliphatic rings. The number of benzene rings is 2. The Labute approximate surface area is 141 Å². The van der Waals surface area contributed by atoms with Crippen LogP contribution < -0.4 is 10.1 Å². The maximum absolute atomic E-state index is 13.0. The van der Waals surface area contributed by atoms with E-state index in [1.807, 2.05) is 0 Å². The number of anilines is 1. The van der Waals surface area contributed by atoms with Gasteiger partial charge in [0.2, 0.25) is 0 Å². The third kappa shape index (κ3) is 4.36. The van der Waals surface area contributed by atoms with Gasteiger partial charge in [0.15, 0.2) is 6.61 Å². The minimum atomic E-state index is -0.890. The molecule has 0 fully saturated rings. The van der Waals surface area contributed by atoms with Crippen molar-refractivity contribution in [2.24, 2.45) is 0 Å². The number of amides is 1. The molecular formula is C16H13ClFNO5. The molecule has 6 nitrogen and oxygen atoms in total. The zero-order chi connectivity index (χ0) is 17.7. The van der Waals surface area contributed by atoms with Crippen molar-refractivity contribution in [2.75, 3.05) is 19.0 Å². The van der Waals surface area contributed by atoms with Crippen LogP contribution in [0.4, 0.5) is 10.1 Å². The van der Waals surface area contributed by atoms with Crippen LogP contribution in [0.5, 0.6) is 11.5 Å². The summed E-state index contributed by atoms with van der Waals surface area (Å²) >= 11 is 5.60. The van der Waals surface area contributed by atoms with Gasteiger partial charge in [-0.1, -0.05) is 11.6 Å². The van der Waals surface area contributed by atoms with Crippen LogP contribution in [-0.4, -0.2) is 30.7 Å². The first kappa shape index (κ1) is 17.6. The summed E-state index contributed by atoms with van der Waals surface area (Å²) in [6.45, 7) is -0.593. The molecule has 0 aromatic heterocycles. The molecule has 0 saturated carbocycles. The number of nitrogens with one attached hydrogen (secondary N) is 1. The molecule has 0 spiro atoms. The molecule has 126 valence electrons. The van der Waals surface area contributed by atoms with Crippen molar-refractivity contribution in [1.29, 1.82) is 0 Å². The minimum absolute atomic E-state index is 0.132. The third-order valence-electron chi connectivity index (χ3n) is 2.96. The Morgan fingerprint density at radius 3 is 2.67 bits per heavy atom. The third-order valence-corrected chi connectivity index (χ3v) is 3.25. The van der Waals surface area contributed by atoms with E-state index in [9.17, 15) is 19.1 Å². The highest BCUT2D eigenvalue weighted by Gasteiger charge is 2.16. The first-order valence-corrected chi connectivity index (χ1v) is 7.07. The van der Waals surface area contributed by atoms with Crippen molar-refractivity contribution in [3.8, 4) is 11.5 Å². The van der Waals surface area contributed by atoms with Crippen molar-refractivity contribution in [3.63, 3.8) is 0 Å². The Kier molecular flexibility index (Phi) is 5.59. The smallest absolute Gasteiger partial charge is 0.342 e. The lowest BCUT2D eigenvalue weighted by atomic mass is 10.2. The Hall–Kier alpha value is -2.80. The second kappa shape index (κ2) is 7.65. The van der Waals surface area contributed by atoms with Gasteiger partial charge < -0.3 is 19.9 Å². The summed E-state index contributed by atoms with van der Waals surface area (Å²) in [7, 11) is 1.41. The van der Waals surface area contributed by atoms with Gasteiger partial charge in [-0.05, 0) is 36.4 Å². The fraction of sp³-hybridized carbons (Fsp3) is 0.125. The van der Waals surface area contributed by atoms with Crippen LogP contribution in [0.15, 0.2) is 36.4 Å². The van der Waals surface area contributed by atoms with Gasteiger partial charge >= 0.3 is 5.97 Å². The molecule has 2 rings (SSSR count). The number of hydrogen-bond donors (Lipinski definition) is 2. The van der Waals surface area contributed by atoms with E-state index in [2.05, 4.69) is 5.32 Å². The molecule has 1 amide bonds. The number of aromatic hydroxyl groups is 1. The Balaban J connectivity index is 1.96. The van der Waals surface area contributed by atoms with Gasteiger partial charge in [0.1, 0.15) is 22.9 Å². The van der Waals surface area contributed by atoms with Crippen LogP contribution in [0.25, 0.3) is 0 Å². The molecule has 8 heteroatoms. The topological polar surface area (TPSA) is 84.9 Å². The van der Waals surface area contributed by atoms with Crippen molar-refractivity contribution < 1.29 is 28.6 Å². The molecule has 2 N–H and O–H groups in total. The average Bonchev–Trinajstić information content (AvgIpc) is 2.56. The number of phenols is 1. The first-order valence-electron chi connectivity index (χ1n) is 6.69. The molecule has 2 aromatic carbocycles. The summed E-state index contributed by atoms with van der Waals surface area (Å²) in [4.78, 5) is 23.6. The lowest BCUT2D eigenvalue weighted by Crippen LogP contribution is -2.21. The van der Waals surface area contributed by atoms with E-state index in [0.29, 0.717) is 5.75 Å². The zero-order valence-corrected chi connectivity index (χ0v) is 13.3. The monoisotopic (exact) mass is 353 g/mol. The van der Waals surface area contributed by atoms with Gasteiger partial charge in [-0.25, -0.2) is 9.18 Å². The first-order chi connectivity index (χ1) is 11.4. The summed E-state index contributed by atoms with van der Waals surface area (Å²) < 4.78 is 22.8. The number of esters is 1. The van der Waals surface area contributed by atoms with Crippen LogP contribution in [0.1, 0.15) is 10.4 Å². The minimum Gasteiger partial charge on any atom is -0.507 e. The summed E-state index contributed by atoms with van der Waals surface area (Å²) in [5.41, 5.74) is 0.124. The fourth-order valence-electron chi connectivity index (χ4n) is 1.79. The SMILES string of the molecule is COc1ccc(O)c(C(=O)OCC(=O)Nc2ccc(F)c(Cl)c2)c1. The second-order valence-corrected chi connectivity index (χ2v) is 5.04. The molecular weight excluding hydrogens is 341 g/mol. The molecule has 0 bridgehead atoms. The molecule has 0 saturated heterocycles. The van der Waals surface area contributed by atoms with E-state index in [4.69, 9.17) is 21.1 Å². The molecule has 24 heavy (non-hydrogen) atoms. The largest absolute Gasteiger partial charge is 0.507 e. The van der Waals surface area contributed by atoms with E-state index >= 15 is 0 Å². The maximum atomic E-state index is 13.0. The standard InChI is InChI=1S/C16H13ClFNO5/c1-23-10-3-5-14(20)11(7-10)16(22)24-8-15(21)19-9-2-4-13(18)12(17)6-9/h2-7,20H,8H2,1H3,(H,19,21). The van der Waals surface area contributed by atoms with Gasteiger partial charge in [0, 0.05) is 5.69 Å². The van der Waals surface area contributed by atoms with Gasteiger partial charge in [-0.15, -0.1) is 0 Å². The van der Waals surface area contributed by atoms with E-state index in [1.165, 1.54) is 37.4 Å². The zero-order valence-electron chi connectivity index (χ0n) is 12.5. The predicted octanol–water partition coefficient (Wildman–Crippen LogP) is 2.99. The molecule has 0 aliphatic carbocycles. The van der Waals surface area contributed by atoms with Crippen LogP contribution in [0.3, 0.4) is 0 Å². The molecule has 0 aliphatic heterocycles. The summed E-state index contributed by atoms with van der Waals surface area (Å²) in [5, 5.41) is 11.9. The van der Waals surface area contributed by atoms with Crippen molar-refractivity contribution >= 4 is 29.2 Å². The van der Waals surface area contributed by atoms with Crippen molar-refractivity contribution in [1.82, 2.24) is 0 Å². The Morgan fingerprint density at radius 2 is 2.00 bits per heavy atom. The molecule has 0 unspecified atom stereocenters. The lowest BCUT2D eigenvalue weighted by Gasteiger charge is -2.09. The molecule has 0 heterocycles. The number of carbonyl (C=O) groups excluding carboxylic acids is 2. The number of halogens is 2. The fourth-order valence-corrected chi connectivity index (χ4v) is 1.97. The number of methoxy groups -OCH3 is 1. The summed E-state index contributed by atoms with van der Waals surface area (Å²) in [5.74, 6) is -2.10. The number of phenolic OH excluding ortho intramolecular Hbond substituents is 1. The summed E-state index contributed by atoms with van der Waals surface area (Å²) in [6.07, 6.45) is 0. The second-order valence-electron chi connectivity index (χ2n) is 4.64. The van der Waals surface area contributed by atoms with E-state index in [-0.39, 0.29) is 22.0 Å². The van der Waals surface area contributed by atoms with Crippen LogP contribution in [0, 0.1) is 5.82 Å². The normalized spacial score (nSPS) is 10.1. The van der Waals surface area contributed by atoms with Crippen molar-refractivity contribution in [3.05, 3.63) is 52.8 Å². The average molecular weight is 354 g/mol. The van der Waals surface area contributed by atoms with E-state index in [1.54, 1.807) is 0 Å². The lowest BCUT2D eigenvalue weighted by molar-refractivity contribution is -0.119. The van der Waals surface area contributed by atoms with E-state index < -0.39 is 24.3 Å². The number of carbonyl (C=O) groups is 2. The highest BCUT2D eigenvalue weighted by molar-refractivity contribution is 6.31. The Bertz CT molecular complexity index is 781. The van der Waals surface area contributed by atoms with Crippen LogP contribution in [-0.2, 0) is 9.53 Å². The number of hydrogen-bond acceptors (Lipinski definition) is 5. The van der Waals surface area contributed by atoms with Crippen LogP contribution >= 0.6 is 11.6 Å². The van der Waals surface area contributed by atoms with Gasteiger partial charge in [0.05, 0.1) is 12.1 Å². The van der Waals surface area contributed by atoms with Gasteiger partial charge in [0.25, 0.3) is 5.91 Å². The molecule has 0 radical (unpaired) electrons. The molecule has 0 atom stereocenters. The quantitative estimate of drug-likeness (QED) is 0.807. The van der Waals surface area contributed by atoms with Gasteiger partial charge in [-0.2, -0.15) is 0 Å². The number of ether oxygens (including phenoxy) is 2. The predicted molar refractivity (Wildman–Crippen MR) is 85.0 cm³/mol. The van der Waals surface area contributed by atoms with Crippen molar-refractivity contribution in [2.45, 2.75) is 0 Å². The van der Waals surface area contributed by atoms with Gasteiger partial charge in [-0.3, -0.25) is 4.79 Å². The van der Waals surface area contributed by atoms with Crippen LogP contribution in [0.2, 0.25) is 5.02 Å². The maximum Gasteiger partial charge on any atom is 0.342 e. The summed E-state index contributed by atoms with van der Waals surface area (Å²) in [6, 6.07) is 7.67. The Morgan fingerprint density at radius 1 is 1.25 bits per heavy atom. The molecule has 2 aromatic rings. The number of rotatable bonds is 5.